The van der Waals surface area contributed by atoms with Gasteiger partial charge in [-0.15, -0.1) is 0 Å². The van der Waals surface area contributed by atoms with Gasteiger partial charge in [-0.1, -0.05) is 32.6 Å². The van der Waals surface area contributed by atoms with E-state index < -0.39 is 10.1 Å². The van der Waals surface area contributed by atoms with Gasteiger partial charge in [0.05, 0.1) is 4.90 Å². The van der Waals surface area contributed by atoms with E-state index in [2.05, 4.69) is 6.92 Å². The number of carbonyl (C=O) groups is 1. The molecule has 0 aliphatic carbocycles. The van der Waals surface area contributed by atoms with Crippen molar-refractivity contribution in [1.82, 2.24) is 0 Å². The van der Waals surface area contributed by atoms with E-state index in [-0.39, 0.29) is 46.2 Å². The molecule has 0 aliphatic rings. The second-order valence-electron chi connectivity index (χ2n) is 4.58. The zero-order chi connectivity index (χ0) is 15.0. The van der Waals surface area contributed by atoms with E-state index in [0.29, 0.717) is 6.42 Å². The monoisotopic (exact) mass is 323 g/mol. The molecule has 5 nitrogen and oxygen atoms in total. The largest absolute Gasteiger partial charge is 0.427 e. The van der Waals surface area contributed by atoms with Crippen LogP contribution >= 0.6 is 0 Å². The molecule has 0 amide bonds. The Kier molecular flexibility index (Phi) is 10.1. The molecule has 0 aliphatic heterocycles. The van der Waals surface area contributed by atoms with Crippen LogP contribution in [0.1, 0.15) is 45.4 Å². The molecule has 0 bridgehead atoms. The number of carbonyl (C=O) groups excluding carboxylic acids is 1. The van der Waals surface area contributed by atoms with Gasteiger partial charge >= 0.3 is 5.97 Å². The Morgan fingerprint density at radius 3 is 2.19 bits per heavy atom. The summed E-state index contributed by atoms with van der Waals surface area (Å²) in [6.45, 7) is 2.13. The molecule has 1 rings (SSSR count). The maximum atomic E-state index is 11.5. The molecule has 1 N–H and O–H groups in total. The number of rotatable bonds is 8. The van der Waals surface area contributed by atoms with Crippen LogP contribution in [-0.4, -0.2) is 48.5 Å². The SMILES string of the molecule is CCCCCCCC(=O)Oc1ccc(S(=O)(=O)O)cc1.[Na]. The minimum atomic E-state index is -4.21. The zero-order valence-corrected chi connectivity index (χ0v) is 15.4. The summed E-state index contributed by atoms with van der Waals surface area (Å²) in [7, 11) is -4.21. The second-order valence-corrected chi connectivity index (χ2v) is 6.01. The van der Waals surface area contributed by atoms with E-state index in [9.17, 15) is 13.2 Å². The fraction of sp³-hybridized carbons (Fsp3) is 0.500. The molecule has 0 aromatic heterocycles. The molecule has 0 spiro atoms. The van der Waals surface area contributed by atoms with Crippen molar-refractivity contribution in [3.05, 3.63) is 24.3 Å². The Balaban J connectivity index is 0.00000400. The predicted molar refractivity (Wildman–Crippen MR) is 81.0 cm³/mol. The molecule has 0 fully saturated rings. The van der Waals surface area contributed by atoms with Crippen LogP contribution in [-0.2, 0) is 14.9 Å². The van der Waals surface area contributed by atoms with Crippen molar-refractivity contribution in [2.45, 2.75) is 50.3 Å². The van der Waals surface area contributed by atoms with Crippen LogP contribution < -0.4 is 4.74 Å². The first-order chi connectivity index (χ1) is 9.43. The van der Waals surface area contributed by atoms with Gasteiger partial charge < -0.3 is 4.74 Å². The summed E-state index contributed by atoms with van der Waals surface area (Å²) in [5.74, 6) is -0.0583. The smallest absolute Gasteiger partial charge is 0.311 e. The normalized spacial score (nSPS) is 10.8. The van der Waals surface area contributed by atoms with Crippen LogP contribution in [0.3, 0.4) is 0 Å². The van der Waals surface area contributed by atoms with E-state index in [1.54, 1.807) is 0 Å². The summed E-state index contributed by atoms with van der Waals surface area (Å²) in [6.07, 6.45) is 5.60. The quantitative estimate of drug-likeness (QED) is 0.262. The Morgan fingerprint density at radius 1 is 1.10 bits per heavy atom. The summed E-state index contributed by atoms with van der Waals surface area (Å²) >= 11 is 0. The van der Waals surface area contributed by atoms with Crippen molar-refractivity contribution >= 4 is 45.6 Å². The average Bonchev–Trinajstić information content (AvgIpc) is 2.38. The molecule has 21 heavy (non-hydrogen) atoms. The molecule has 7 heteroatoms. The van der Waals surface area contributed by atoms with Gasteiger partial charge in [0.1, 0.15) is 5.75 Å². The number of hydrogen-bond donors (Lipinski definition) is 1. The molecule has 0 saturated heterocycles. The summed E-state index contributed by atoms with van der Waals surface area (Å²) in [4.78, 5) is 11.3. The van der Waals surface area contributed by atoms with Gasteiger partial charge in [0.25, 0.3) is 10.1 Å². The van der Waals surface area contributed by atoms with E-state index in [1.807, 2.05) is 0 Å². The molecular formula is C14H20NaO5S. The van der Waals surface area contributed by atoms with Crippen molar-refractivity contribution in [2.24, 2.45) is 0 Å². The molecule has 113 valence electrons. The van der Waals surface area contributed by atoms with Crippen LogP contribution in [0.2, 0.25) is 0 Å². The molecule has 1 aromatic rings. The van der Waals surface area contributed by atoms with Crippen molar-refractivity contribution in [1.29, 1.82) is 0 Å². The number of esters is 1. The van der Waals surface area contributed by atoms with Gasteiger partial charge in [-0.2, -0.15) is 8.42 Å². The predicted octanol–water partition coefficient (Wildman–Crippen LogP) is 2.82. The summed E-state index contributed by atoms with van der Waals surface area (Å²) < 4.78 is 35.6. The zero-order valence-electron chi connectivity index (χ0n) is 12.5. The van der Waals surface area contributed by atoms with Gasteiger partial charge in [-0.25, -0.2) is 0 Å². The second kappa shape index (κ2) is 10.3. The summed E-state index contributed by atoms with van der Waals surface area (Å²) in [5.41, 5.74) is 0. The Hall–Kier alpha value is -0.400. The Morgan fingerprint density at radius 2 is 1.67 bits per heavy atom. The van der Waals surface area contributed by atoms with Crippen LogP contribution in [0.15, 0.2) is 29.2 Å². The maximum Gasteiger partial charge on any atom is 0.311 e. The topological polar surface area (TPSA) is 80.7 Å². The number of unbranched alkanes of at least 4 members (excludes halogenated alkanes) is 4. The minimum Gasteiger partial charge on any atom is -0.427 e. The molecule has 1 aromatic carbocycles. The number of benzene rings is 1. The molecule has 0 saturated carbocycles. The van der Waals surface area contributed by atoms with Crippen LogP contribution in [0.4, 0.5) is 0 Å². The van der Waals surface area contributed by atoms with E-state index in [1.165, 1.54) is 30.7 Å². The van der Waals surface area contributed by atoms with Gasteiger partial charge in [0, 0.05) is 36.0 Å². The number of hydrogen-bond acceptors (Lipinski definition) is 4. The molecule has 0 atom stereocenters. The molecule has 1 radical (unpaired) electrons. The Labute approximate surface area is 148 Å². The first-order valence-electron chi connectivity index (χ1n) is 6.71. The van der Waals surface area contributed by atoms with Crippen molar-refractivity contribution in [3.63, 3.8) is 0 Å². The third kappa shape index (κ3) is 8.58. The standard InChI is InChI=1S/C14H20O5S.Na/c1-2-3-4-5-6-7-14(15)19-12-8-10-13(11-9-12)20(16,17)18;/h8-11H,2-7H2,1H3,(H,16,17,18);. The van der Waals surface area contributed by atoms with Gasteiger partial charge in [0.2, 0.25) is 0 Å². The van der Waals surface area contributed by atoms with E-state index in [4.69, 9.17) is 9.29 Å². The van der Waals surface area contributed by atoms with E-state index >= 15 is 0 Å². The van der Waals surface area contributed by atoms with Gasteiger partial charge in [0.15, 0.2) is 0 Å². The van der Waals surface area contributed by atoms with Gasteiger partial charge in [-0.05, 0) is 30.7 Å². The maximum absolute atomic E-state index is 11.5. The van der Waals surface area contributed by atoms with Crippen LogP contribution in [0.25, 0.3) is 0 Å². The van der Waals surface area contributed by atoms with Crippen molar-refractivity contribution in [3.8, 4) is 5.75 Å². The van der Waals surface area contributed by atoms with Crippen molar-refractivity contribution < 1.29 is 22.5 Å². The fourth-order valence-corrected chi connectivity index (χ4v) is 2.22. The minimum absolute atomic E-state index is 0. The summed E-state index contributed by atoms with van der Waals surface area (Å²) in [6, 6.07) is 5.08. The molecule has 0 unspecified atom stereocenters. The first kappa shape index (κ1) is 20.6. The molecular weight excluding hydrogens is 303 g/mol. The summed E-state index contributed by atoms with van der Waals surface area (Å²) in [5, 5.41) is 0. The van der Waals surface area contributed by atoms with Gasteiger partial charge in [-0.3, -0.25) is 9.35 Å². The third-order valence-electron chi connectivity index (χ3n) is 2.84. The van der Waals surface area contributed by atoms with E-state index in [0.717, 1.165) is 25.7 Å². The number of ether oxygens (including phenoxy) is 1. The third-order valence-corrected chi connectivity index (χ3v) is 3.71. The van der Waals surface area contributed by atoms with Crippen LogP contribution in [0.5, 0.6) is 5.75 Å². The van der Waals surface area contributed by atoms with Crippen LogP contribution in [0, 0.1) is 0 Å². The fourth-order valence-electron chi connectivity index (χ4n) is 1.74. The Bertz CT molecular complexity index is 525. The van der Waals surface area contributed by atoms with Crippen molar-refractivity contribution in [2.75, 3.05) is 0 Å². The first-order valence-corrected chi connectivity index (χ1v) is 8.15. The molecule has 0 heterocycles. The average molecular weight is 323 g/mol.